The number of halogens is 1. The normalized spacial score (nSPS) is 11.2. The lowest BCUT2D eigenvalue weighted by atomic mass is 10.2. The molecule has 0 saturated heterocycles. The topological polar surface area (TPSA) is 55.4 Å². The van der Waals surface area contributed by atoms with E-state index in [9.17, 15) is 12.8 Å². The van der Waals surface area contributed by atoms with Crippen molar-refractivity contribution in [1.82, 2.24) is 0 Å². The number of para-hydroxylation sites is 1. The minimum absolute atomic E-state index is 0.275. The van der Waals surface area contributed by atoms with Gasteiger partial charge < -0.3 is 4.74 Å². The molecule has 0 atom stereocenters. The maximum absolute atomic E-state index is 13.9. The number of hydrogen-bond acceptors (Lipinski definition) is 3. The van der Waals surface area contributed by atoms with Gasteiger partial charge in [0, 0.05) is 0 Å². The standard InChI is InChI=1S/C15H16FNO3S/c1-10-7-8-14(12(16)9-10)21(18,19)17-13-6-4-5-11(2)15(13)20-3/h4-9,17H,1-3H3. The van der Waals surface area contributed by atoms with Crippen molar-refractivity contribution >= 4 is 15.7 Å². The number of aryl methyl sites for hydroxylation is 2. The highest BCUT2D eigenvalue weighted by Crippen LogP contribution is 2.30. The fourth-order valence-corrected chi connectivity index (χ4v) is 3.15. The Morgan fingerprint density at radius 2 is 1.86 bits per heavy atom. The van der Waals surface area contributed by atoms with E-state index in [4.69, 9.17) is 4.74 Å². The van der Waals surface area contributed by atoms with Gasteiger partial charge in [0.05, 0.1) is 12.8 Å². The molecule has 0 aliphatic rings. The van der Waals surface area contributed by atoms with E-state index in [1.165, 1.54) is 19.2 Å². The predicted molar refractivity (Wildman–Crippen MR) is 79.7 cm³/mol. The first kappa shape index (κ1) is 15.3. The van der Waals surface area contributed by atoms with Gasteiger partial charge in [0.2, 0.25) is 0 Å². The van der Waals surface area contributed by atoms with Crippen LogP contribution in [0, 0.1) is 19.7 Å². The molecular weight excluding hydrogens is 293 g/mol. The van der Waals surface area contributed by atoms with Crippen molar-refractivity contribution < 1.29 is 17.5 Å². The lowest BCUT2D eigenvalue weighted by Crippen LogP contribution is -2.15. The maximum Gasteiger partial charge on any atom is 0.264 e. The lowest BCUT2D eigenvalue weighted by Gasteiger charge is -2.14. The monoisotopic (exact) mass is 309 g/mol. The van der Waals surface area contributed by atoms with Gasteiger partial charge in [-0.1, -0.05) is 18.2 Å². The Balaban J connectivity index is 2.45. The third kappa shape index (κ3) is 3.16. The quantitative estimate of drug-likeness (QED) is 0.943. The number of anilines is 1. The molecule has 112 valence electrons. The number of rotatable bonds is 4. The predicted octanol–water partition coefficient (Wildman–Crippen LogP) is 3.25. The molecule has 0 aromatic heterocycles. The van der Waals surface area contributed by atoms with Gasteiger partial charge >= 0.3 is 0 Å². The Bertz CT molecular complexity index is 772. The molecule has 0 bridgehead atoms. The first-order valence-electron chi connectivity index (χ1n) is 6.27. The van der Waals surface area contributed by atoms with E-state index in [2.05, 4.69) is 4.72 Å². The van der Waals surface area contributed by atoms with Gasteiger partial charge in [-0.25, -0.2) is 12.8 Å². The van der Waals surface area contributed by atoms with Gasteiger partial charge in [-0.15, -0.1) is 0 Å². The fraction of sp³-hybridized carbons (Fsp3) is 0.200. The van der Waals surface area contributed by atoms with E-state index >= 15 is 0 Å². The average Bonchev–Trinajstić information content (AvgIpc) is 2.38. The summed E-state index contributed by atoms with van der Waals surface area (Å²) >= 11 is 0. The highest BCUT2D eigenvalue weighted by Gasteiger charge is 2.21. The fourth-order valence-electron chi connectivity index (χ4n) is 2.03. The molecule has 6 heteroatoms. The van der Waals surface area contributed by atoms with Crippen LogP contribution in [0.1, 0.15) is 11.1 Å². The Hall–Kier alpha value is -2.08. The van der Waals surface area contributed by atoms with Crippen LogP contribution in [0.25, 0.3) is 0 Å². The first-order chi connectivity index (χ1) is 9.85. The van der Waals surface area contributed by atoms with Crippen LogP contribution >= 0.6 is 0 Å². The van der Waals surface area contributed by atoms with E-state index in [0.717, 1.165) is 5.56 Å². The van der Waals surface area contributed by atoms with E-state index in [-0.39, 0.29) is 5.69 Å². The average molecular weight is 309 g/mol. The summed E-state index contributed by atoms with van der Waals surface area (Å²) in [7, 11) is -2.56. The molecule has 0 aliphatic carbocycles. The lowest BCUT2D eigenvalue weighted by molar-refractivity contribution is 0.414. The van der Waals surface area contributed by atoms with Crippen LogP contribution in [-0.2, 0) is 10.0 Å². The van der Waals surface area contributed by atoms with Crippen LogP contribution in [0.3, 0.4) is 0 Å². The van der Waals surface area contributed by atoms with Gasteiger partial charge in [0.15, 0.2) is 0 Å². The first-order valence-corrected chi connectivity index (χ1v) is 7.76. The van der Waals surface area contributed by atoms with E-state index in [0.29, 0.717) is 11.3 Å². The van der Waals surface area contributed by atoms with E-state index < -0.39 is 20.7 Å². The van der Waals surface area contributed by atoms with E-state index in [1.54, 1.807) is 38.1 Å². The second-order valence-corrected chi connectivity index (χ2v) is 6.35. The Morgan fingerprint density at radius 3 is 2.48 bits per heavy atom. The highest BCUT2D eigenvalue weighted by atomic mass is 32.2. The van der Waals surface area contributed by atoms with Crippen molar-refractivity contribution in [2.45, 2.75) is 18.7 Å². The van der Waals surface area contributed by atoms with Gasteiger partial charge in [-0.05, 0) is 43.2 Å². The van der Waals surface area contributed by atoms with Crippen LogP contribution in [0.2, 0.25) is 0 Å². The summed E-state index contributed by atoms with van der Waals surface area (Å²) in [5.41, 5.74) is 1.71. The largest absolute Gasteiger partial charge is 0.494 e. The zero-order valence-electron chi connectivity index (χ0n) is 12.0. The zero-order valence-corrected chi connectivity index (χ0v) is 12.8. The molecule has 2 aromatic rings. The van der Waals surface area contributed by atoms with Crippen molar-refractivity contribution in [1.29, 1.82) is 0 Å². The minimum Gasteiger partial charge on any atom is -0.494 e. The second kappa shape index (κ2) is 5.73. The number of benzene rings is 2. The van der Waals surface area contributed by atoms with Crippen LogP contribution in [0.4, 0.5) is 10.1 Å². The summed E-state index contributed by atoms with van der Waals surface area (Å²) in [6.07, 6.45) is 0. The van der Waals surface area contributed by atoms with Crippen LogP contribution < -0.4 is 9.46 Å². The molecule has 0 heterocycles. The van der Waals surface area contributed by atoms with Gasteiger partial charge in [-0.3, -0.25) is 4.72 Å². The zero-order chi connectivity index (χ0) is 15.6. The molecule has 2 rings (SSSR count). The molecular formula is C15H16FNO3S. The number of ether oxygens (including phenoxy) is 1. The number of methoxy groups -OCH3 is 1. The van der Waals surface area contributed by atoms with Gasteiger partial charge in [0.25, 0.3) is 10.0 Å². The number of nitrogens with one attached hydrogen (secondary N) is 1. The molecule has 0 unspecified atom stereocenters. The van der Waals surface area contributed by atoms with Crippen LogP contribution in [0.5, 0.6) is 5.75 Å². The summed E-state index contributed by atoms with van der Waals surface area (Å²) < 4.78 is 46.0. The minimum atomic E-state index is -4.02. The summed E-state index contributed by atoms with van der Waals surface area (Å²) in [4.78, 5) is -0.392. The Morgan fingerprint density at radius 1 is 1.14 bits per heavy atom. The number of sulfonamides is 1. The SMILES string of the molecule is COc1c(C)cccc1NS(=O)(=O)c1ccc(C)cc1F. The molecule has 1 N–H and O–H groups in total. The van der Waals surface area contributed by atoms with Crippen molar-refractivity contribution in [3.8, 4) is 5.75 Å². The molecule has 0 radical (unpaired) electrons. The molecule has 0 saturated carbocycles. The van der Waals surface area contributed by atoms with Crippen LogP contribution in [-0.4, -0.2) is 15.5 Å². The Kier molecular flexibility index (Phi) is 4.18. The highest BCUT2D eigenvalue weighted by molar-refractivity contribution is 7.92. The van der Waals surface area contributed by atoms with Crippen molar-refractivity contribution in [3.05, 3.63) is 53.3 Å². The smallest absolute Gasteiger partial charge is 0.264 e. The van der Waals surface area contributed by atoms with Crippen molar-refractivity contribution in [2.24, 2.45) is 0 Å². The third-order valence-electron chi connectivity index (χ3n) is 3.04. The third-order valence-corrected chi connectivity index (χ3v) is 4.44. The van der Waals surface area contributed by atoms with Gasteiger partial charge in [-0.2, -0.15) is 0 Å². The van der Waals surface area contributed by atoms with E-state index in [1.807, 2.05) is 0 Å². The molecule has 4 nitrogen and oxygen atoms in total. The van der Waals surface area contributed by atoms with Gasteiger partial charge in [0.1, 0.15) is 16.5 Å². The Labute approximate surface area is 123 Å². The molecule has 0 aliphatic heterocycles. The molecule has 0 spiro atoms. The summed E-state index contributed by atoms with van der Waals surface area (Å²) in [6.45, 7) is 3.49. The van der Waals surface area contributed by atoms with Crippen molar-refractivity contribution in [3.63, 3.8) is 0 Å². The molecule has 0 fully saturated rings. The molecule has 2 aromatic carbocycles. The van der Waals surface area contributed by atoms with Crippen molar-refractivity contribution in [2.75, 3.05) is 11.8 Å². The summed E-state index contributed by atoms with van der Waals surface area (Å²) in [5.74, 6) is -0.372. The maximum atomic E-state index is 13.9. The summed E-state index contributed by atoms with van der Waals surface area (Å²) in [6, 6.07) is 9.03. The number of hydrogen-bond donors (Lipinski definition) is 1. The summed E-state index contributed by atoms with van der Waals surface area (Å²) in [5, 5.41) is 0. The second-order valence-electron chi connectivity index (χ2n) is 4.70. The molecule has 21 heavy (non-hydrogen) atoms. The van der Waals surface area contributed by atoms with Crippen LogP contribution in [0.15, 0.2) is 41.3 Å². The molecule has 0 amide bonds.